The normalized spacial score (nSPS) is 10.6. The molecule has 0 saturated carbocycles. The van der Waals surface area contributed by atoms with Gasteiger partial charge in [0.05, 0.1) is 15.6 Å². The lowest BCUT2D eigenvalue weighted by molar-refractivity contribution is 0.0916. The van der Waals surface area contributed by atoms with Crippen LogP contribution in [0.5, 0.6) is 0 Å². The fraction of sp³-hybridized carbons (Fsp3) is 0.364. The largest absolute Gasteiger partial charge is 0.346 e. The maximum Gasteiger partial charge on any atom is 0.253 e. The van der Waals surface area contributed by atoms with Crippen molar-refractivity contribution in [2.24, 2.45) is 5.73 Å². The summed E-state index contributed by atoms with van der Waals surface area (Å²) < 4.78 is 0. The van der Waals surface area contributed by atoms with Gasteiger partial charge in [-0.2, -0.15) is 0 Å². The van der Waals surface area contributed by atoms with Crippen molar-refractivity contribution in [3.63, 3.8) is 0 Å². The van der Waals surface area contributed by atoms with Crippen LogP contribution < -0.4 is 11.1 Å². The van der Waals surface area contributed by atoms with Gasteiger partial charge in [0, 0.05) is 12.1 Å². The number of benzene rings is 1. The minimum absolute atomic E-state index is 0. The third-order valence-corrected chi connectivity index (χ3v) is 2.98. The molecule has 1 aromatic rings. The molecular formula is C11H15Cl3N2O. The zero-order valence-corrected chi connectivity index (χ0v) is 11.9. The molecule has 1 rings (SSSR count). The average Bonchev–Trinajstić information content (AvgIpc) is 2.21. The van der Waals surface area contributed by atoms with Gasteiger partial charge in [-0.05, 0) is 26.0 Å². The van der Waals surface area contributed by atoms with Gasteiger partial charge in [-0.15, -0.1) is 12.4 Å². The quantitative estimate of drug-likeness (QED) is 0.901. The molecule has 0 heterocycles. The van der Waals surface area contributed by atoms with Crippen LogP contribution in [0, 0.1) is 0 Å². The number of nitrogens with two attached hydrogens (primary N) is 1. The van der Waals surface area contributed by atoms with Crippen LogP contribution in [-0.4, -0.2) is 18.0 Å². The van der Waals surface area contributed by atoms with Gasteiger partial charge in [-0.3, -0.25) is 4.79 Å². The molecule has 1 aromatic carbocycles. The number of rotatable bonds is 3. The summed E-state index contributed by atoms with van der Waals surface area (Å²) in [6, 6.07) is 4.93. The maximum absolute atomic E-state index is 11.9. The van der Waals surface area contributed by atoms with E-state index in [0.717, 1.165) is 0 Å². The highest BCUT2D eigenvalue weighted by molar-refractivity contribution is 6.43. The monoisotopic (exact) mass is 296 g/mol. The van der Waals surface area contributed by atoms with Crippen molar-refractivity contribution >= 4 is 41.5 Å². The average molecular weight is 298 g/mol. The van der Waals surface area contributed by atoms with E-state index in [1.54, 1.807) is 18.2 Å². The second-order valence-corrected chi connectivity index (χ2v) is 4.93. The van der Waals surface area contributed by atoms with E-state index in [1.165, 1.54) is 0 Å². The molecule has 17 heavy (non-hydrogen) atoms. The van der Waals surface area contributed by atoms with Gasteiger partial charge in [0.25, 0.3) is 5.91 Å². The molecule has 0 atom stereocenters. The third kappa shape index (κ3) is 4.36. The Hall–Kier alpha value is -0.480. The number of hydrogen-bond acceptors (Lipinski definition) is 2. The third-order valence-electron chi connectivity index (χ3n) is 2.16. The van der Waals surface area contributed by atoms with Crippen LogP contribution in [-0.2, 0) is 0 Å². The molecule has 1 amide bonds. The summed E-state index contributed by atoms with van der Waals surface area (Å²) >= 11 is 11.8. The molecule has 0 unspecified atom stereocenters. The summed E-state index contributed by atoms with van der Waals surface area (Å²) in [6.07, 6.45) is 0. The van der Waals surface area contributed by atoms with E-state index in [0.29, 0.717) is 17.1 Å². The van der Waals surface area contributed by atoms with Crippen LogP contribution in [0.25, 0.3) is 0 Å². The Morgan fingerprint density at radius 3 is 2.53 bits per heavy atom. The summed E-state index contributed by atoms with van der Waals surface area (Å²) in [4.78, 5) is 11.9. The number of hydrogen-bond donors (Lipinski definition) is 2. The predicted molar refractivity (Wildman–Crippen MR) is 74.3 cm³/mol. The van der Waals surface area contributed by atoms with Gasteiger partial charge in [0.1, 0.15) is 0 Å². The molecule has 0 saturated heterocycles. The smallest absolute Gasteiger partial charge is 0.253 e. The maximum atomic E-state index is 11.9. The Morgan fingerprint density at radius 2 is 2.00 bits per heavy atom. The van der Waals surface area contributed by atoms with Crippen molar-refractivity contribution < 1.29 is 4.79 Å². The molecule has 96 valence electrons. The van der Waals surface area contributed by atoms with Gasteiger partial charge >= 0.3 is 0 Å². The molecule has 0 aromatic heterocycles. The van der Waals surface area contributed by atoms with E-state index >= 15 is 0 Å². The standard InChI is InChI=1S/C11H14Cl2N2O.ClH/c1-11(2,6-14)15-10(16)7-4-3-5-8(12)9(7)13;/h3-5H,6,14H2,1-2H3,(H,15,16);1H. The van der Waals surface area contributed by atoms with Crippen LogP contribution in [0.2, 0.25) is 10.0 Å². The highest BCUT2D eigenvalue weighted by Gasteiger charge is 2.21. The molecule has 3 nitrogen and oxygen atoms in total. The molecule has 0 aliphatic carbocycles. The van der Waals surface area contributed by atoms with Crippen LogP contribution in [0.1, 0.15) is 24.2 Å². The number of carbonyl (C=O) groups is 1. The Bertz CT molecular complexity index is 408. The van der Waals surface area contributed by atoms with E-state index < -0.39 is 5.54 Å². The number of amides is 1. The first-order chi connectivity index (χ1) is 7.37. The van der Waals surface area contributed by atoms with Gasteiger partial charge in [-0.25, -0.2) is 0 Å². The zero-order valence-electron chi connectivity index (χ0n) is 9.59. The summed E-state index contributed by atoms with van der Waals surface area (Å²) in [5.74, 6) is -0.275. The van der Waals surface area contributed by atoms with E-state index in [9.17, 15) is 4.79 Å². The second kappa shape index (κ2) is 6.45. The molecule has 0 fully saturated rings. The van der Waals surface area contributed by atoms with Crippen LogP contribution in [0.3, 0.4) is 0 Å². The van der Waals surface area contributed by atoms with Crippen molar-refractivity contribution in [1.29, 1.82) is 0 Å². The molecule has 0 radical (unpaired) electrons. The van der Waals surface area contributed by atoms with Gasteiger partial charge in [-0.1, -0.05) is 29.3 Å². The van der Waals surface area contributed by atoms with Gasteiger partial charge < -0.3 is 11.1 Å². The first-order valence-electron chi connectivity index (χ1n) is 4.84. The number of carbonyl (C=O) groups excluding carboxylic acids is 1. The summed E-state index contributed by atoms with van der Waals surface area (Å²) in [5.41, 5.74) is 5.41. The second-order valence-electron chi connectivity index (χ2n) is 4.14. The minimum Gasteiger partial charge on any atom is -0.346 e. The van der Waals surface area contributed by atoms with Crippen molar-refractivity contribution in [2.75, 3.05) is 6.54 Å². The Kier molecular flexibility index (Phi) is 6.27. The fourth-order valence-electron chi connectivity index (χ4n) is 1.10. The molecular weight excluding hydrogens is 282 g/mol. The van der Waals surface area contributed by atoms with E-state index in [1.807, 2.05) is 13.8 Å². The molecule has 0 aliphatic rings. The zero-order chi connectivity index (χ0) is 12.3. The lowest BCUT2D eigenvalue weighted by Crippen LogP contribution is -2.48. The van der Waals surface area contributed by atoms with E-state index in [-0.39, 0.29) is 23.3 Å². The SMILES string of the molecule is CC(C)(CN)NC(=O)c1cccc(Cl)c1Cl.Cl. The predicted octanol–water partition coefficient (Wildman–Crippen LogP) is 2.88. The molecule has 0 bridgehead atoms. The van der Waals surface area contributed by atoms with Crippen molar-refractivity contribution in [3.05, 3.63) is 33.8 Å². The van der Waals surface area contributed by atoms with Gasteiger partial charge in [0.2, 0.25) is 0 Å². The summed E-state index contributed by atoms with van der Waals surface area (Å²) in [5, 5.41) is 3.40. The first kappa shape index (κ1) is 16.5. The molecule has 0 spiro atoms. The molecule has 0 aliphatic heterocycles. The van der Waals surface area contributed by atoms with Crippen LogP contribution >= 0.6 is 35.6 Å². The highest BCUT2D eigenvalue weighted by atomic mass is 35.5. The van der Waals surface area contributed by atoms with Gasteiger partial charge in [0.15, 0.2) is 0 Å². The Morgan fingerprint density at radius 1 is 1.41 bits per heavy atom. The lowest BCUT2D eigenvalue weighted by Gasteiger charge is -2.24. The van der Waals surface area contributed by atoms with Crippen LogP contribution in [0.4, 0.5) is 0 Å². The van der Waals surface area contributed by atoms with E-state index in [4.69, 9.17) is 28.9 Å². The molecule has 3 N–H and O–H groups in total. The van der Waals surface area contributed by atoms with E-state index in [2.05, 4.69) is 5.32 Å². The number of halogens is 3. The summed E-state index contributed by atoms with van der Waals surface area (Å²) in [7, 11) is 0. The van der Waals surface area contributed by atoms with Crippen molar-refractivity contribution in [1.82, 2.24) is 5.32 Å². The van der Waals surface area contributed by atoms with Crippen molar-refractivity contribution in [2.45, 2.75) is 19.4 Å². The summed E-state index contributed by atoms with van der Waals surface area (Å²) in [6.45, 7) is 4.02. The number of nitrogens with one attached hydrogen (secondary N) is 1. The topological polar surface area (TPSA) is 55.1 Å². The first-order valence-corrected chi connectivity index (χ1v) is 5.59. The highest BCUT2D eigenvalue weighted by Crippen LogP contribution is 2.25. The van der Waals surface area contributed by atoms with Crippen molar-refractivity contribution in [3.8, 4) is 0 Å². The van der Waals surface area contributed by atoms with Crippen LogP contribution in [0.15, 0.2) is 18.2 Å². The lowest BCUT2D eigenvalue weighted by atomic mass is 10.1. The minimum atomic E-state index is -0.470. The fourth-order valence-corrected chi connectivity index (χ4v) is 1.49. The Labute approximate surface area is 117 Å². The Balaban J connectivity index is 0.00000256. The molecule has 6 heteroatoms.